The molecule has 2 amide bonds. The molecule has 1 aliphatic heterocycles. The summed E-state index contributed by atoms with van der Waals surface area (Å²) in [4.78, 5) is 26.4. The van der Waals surface area contributed by atoms with Gasteiger partial charge in [-0.3, -0.25) is 9.59 Å². The van der Waals surface area contributed by atoms with Gasteiger partial charge in [-0.05, 0) is 43.0 Å². The van der Waals surface area contributed by atoms with Gasteiger partial charge >= 0.3 is 0 Å². The molecule has 0 bridgehead atoms. The normalized spacial score (nSPS) is 17.7. The Morgan fingerprint density at radius 2 is 1.93 bits per heavy atom. The van der Waals surface area contributed by atoms with E-state index in [-0.39, 0.29) is 17.9 Å². The van der Waals surface area contributed by atoms with Crippen LogP contribution < -0.4 is 15.5 Å². The Morgan fingerprint density at radius 1 is 1.15 bits per heavy atom. The standard InChI is InChI=1S/C21H22ClN3O2/c22-17-13-16(10-11-18(17)25-12-4-7-19(25)26)23-20(14-5-2-1-3-6-14)21(27)24-15-8-9-15/h1-3,5-6,10-11,13,15,20,23H,4,7-9,12H2,(H,24,27)/t20-/m1/s1. The van der Waals surface area contributed by atoms with E-state index in [0.717, 1.165) is 36.2 Å². The molecule has 1 atom stereocenters. The lowest BCUT2D eigenvalue weighted by atomic mass is 10.1. The first-order chi connectivity index (χ1) is 13.1. The number of hydrogen-bond acceptors (Lipinski definition) is 3. The first-order valence-corrected chi connectivity index (χ1v) is 9.71. The van der Waals surface area contributed by atoms with Gasteiger partial charge in [-0.15, -0.1) is 0 Å². The molecule has 140 valence electrons. The van der Waals surface area contributed by atoms with Gasteiger partial charge in [-0.2, -0.15) is 0 Å². The lowest BCUT2D eigenvalue weighted by Crippen LogP contribution is -2.34. The molecule has 2 fully saturated rings. The summed E-state index contributed by atoms with van der Waals surface area (Å²) in [6.07, 6.45) is 3.50. The number of halogens is 1. The number of carbonyl (C=O) groups is 2. The Bertz CT molecular complexity index is 852. The summed E-state index contributed by atoms with van der Waals surface area (Å²) in [5, 5.41) is 6.86. The second-order valence-corrected chi connectivity index (χ2v) is 7.49. The van der Waals surface area contributed by atoms with Crippen LogP contribution in [0.1, 0.15) is 37.3 Å². The van der Waals surface area contributed by atoms with Crippen LogP contribution in [0.2, 0.25) is 5.02 Å². The van der Waals surface area contributed by atoms with Crippen molar-refractivity contribution >= 4 is 34.8 Å². The quantitative estimate of drug-likeness (QED) is 0.795. The van der Waals surface area contributed by atoms with Crippen LogP contribution in [0.5, 0.6) is 0 Å². The van der Waals surface area contributed by atoms with E-state index in [9.17, 15) is 9.59 Å². The van der Waals surface area contributed by atoms with Gasteiger partial charge in [-0.1, -0.05) is 41.9 Å². The van der Waals surface area contributed by atoms with E-state index in [0.29, 0.717) is 18.0 Å². The molecule has 2 aromatic rings. The van der Waals surface area contributed by atoms with Crippen molar-refractivity contribution in [3.63, 3.8) is 0 Å². The summed E-state index contributed by atoms with van der Waals surface area (Å²) >= 11 is 6.44. The molecule has 2 N–H and O–H groups in total. The van der Waals surface area contributed by atoms with E-state index in [4.69, 9.17) is 11.6 Å². The van der Waals surface area contributed by atoms with Crippen molar-refractivity contribution in [2.45, 2.75) is 37.8 Å². The number of carbonyl (C=O) groups excluding carboxylic acids is 2. The Labute approximate surface area is 163 Å². The van der Waals surface area contributed by atoms with Crippen molar-refractivity contribution in [1.29, 1.82) is 0 Å². The Hall–Kier alpha value is -2.53. The predicted octanol–water partition coefficient (Wildman–Crippen LogP) is 3.90. The molecule has 0 radical (unpaired) electrons. The topological polar surface area (TPSA) is 61.4 Å². The minimum atomic E-state index is -0.498. The number of hydrogen-bond donors (Lipinski definition) is 2. The summed E-state index contributed by atoms with van der Waals surface area (Å²) in [6, 6.07) is 14.9. The van der Waals surface area contributed by atoms with Crippen LogP contribution >= 0.6 is 11.6 Å². The maximum absolute atomic E-state index is 12.7. The molecule has 0 unspecified atom stereocenters. The van der Waals surface area contributed by atoms with Crippen molar-refractivity contribution in [2.24, 2.45) is 0 Å². The Kier molecular flexibility index (Phi) is 5.03. The SMILES string of the molecule is O=C(NC1CC1)[C@H](Nc1ccc(N2CCCC2=O)c(Cl)c1)c1ccccc1. The maximum Gasteiger partial charge on any atom is 0.247 e. The number of anilines is 2. The van der Waals surface area contributed by atoms with Crippen molar-refractivity contribution < 1.29 is 9.59 Å². The Morgan fingerprint density at radius 3 is 2.56 bits per heavy atom. The van der Waals surface area contributed by atoms with Gasteiger partial charge in [0.05, 0.1) is 10.7 Å². The zero-order chi connectivity index (χ0) is 18.8. The average Bonchev–Trinajstić information content (AvgIpc) is 3.39. The van der Waals surface area contributed by atoms with Gasteiger partial charge in [0.1, 0.15) is 6.04 Å². The number of nitrogens with zero attached hydrogens (tertiary/aromatic N) is 1. The summed E-state index contributed by atoms with van der Waals surface area (Å²) in [6.45, 7) is 0.696. The van der Waals surface area contributed by atoms with Crippen molar-refractivity contribution in [3.05, 3.63) is 59.1 Å². The van der Waals surface area contributed by atoms with Crippen molar-refractivity contribution in [2.75, 3.05) is 16.8 Å². The summed E-state index contributed by atoms with van der Waals surface area (Å²) in [5.41, 5.74) is 2.36. The molecule has 1 aliphatic carbocycles. The number of nitrogens with one attached hydrogen (secondary N) is 2. The van der Waals surface area contributed by atoms with E-state index in [1.54, 1.807) is 11.0 Å². The Balaban J connectivity index is 1.56. The molecule has 2 aromatic carbocycles. The number of benzene rings is 2. The molecule has 0 aromatic heterocycles. The van der Waals surface area contributed by atoms with Crippen LogP contribution in [0.4, 0.5) is 11.4 Å². The highest BCUT2D eigenvalue weighted by molar-refractivity contribution is 6.34. The van der Waals surface area contributed by atoms with E-state index < -0.39 is 6.04 Å². The highest BCUT2D eigenvalue weighted by Gasteiger charge is 2.29. The molecular formula is C21H22ClN3O2. The van der Waals surface area contributed by atoms with Gasteiger partial charge < -0.3 is 15.5 Å². The van der Waals surface area contributed by atoms with Gasteiger partial charge in [0, 0.05) is 24.7 Å². The van der Waals surface area contributed by atoms with Gasteiger partial charge in [0.15, 0.2) is 0 Å². The summed E-state index contributed by atoms with van der Waals surface area (Å²) in [5.74, 6) is 0.0576. The molecule has 27 heavy (non-hydrogen) atoms. The van der Waals surface area contributed by atoms with E-state index in [1.165, 1.54) is 0 Å². The predicted molar refractivity (Wildman–Crippen MR) is 107 cm³/mol. The smallest absolute Gasteiger partial charge is 0.247 e. The lowest BCUT2D eigenvalue weighted by Gasteiger charge is -2.22. The number of rotatable bonds is 6. The second kappa shape index (κ2) is 7.61. The first-order valence-electron chi connectivity index (χ1n) is 9.33. The van der Waals surface area contributed by atoms with Gasteiger partial charge in [-0.25, -0.2) is 0 Å². The monoisotopic (exact) mass is 383 g/mol. The van der Waals surface area contributed by atoms with Gasteiger partial charge in [0.25, 0.3) is 0 Å². The van der Waals surface area contributed by atoms with Crippen molar-refractivity contribution in [1.82, 2.24) is 5.32 Å². The summed E-state index contributed by atoms with van der Waals surface area (Å²) < 4.78 is 0. The van der Waals surface area contributed by atoms with Crippen molar-refractivity contribution in [3.8, 4) is 0 Å². The van der Waals surface area contributed by atoms with Crippen LogP contribution in [0.3, 0.4) is 0 Å². The molecule has 1 saturated heterocycles. The second-order valence-electron chi connectivity index (χ2n) is 7.09. The summed E-state index contributed by atoms with van der Waals surface area (Å²) in [7, 11) is 0. The molecule has 1 heterocycles. The highest BCUT2D eigenvalue weighted by Crippen LogP contribution is 2.33. The molecule has 5 nitrogen and oxygen atoms in total. The molecule has 0 spiro atoms. The minimum absolute atomic E-state index is 0.0429. The van der Waals surface area contributed by atoms with Crippen LogP contribution in [-0.4, -0.2) is 24.4 Å². The number of amides is 2. The van der Waals surface area contributed by atoms with E-state index in [1.807, 2.05) is 42.5 Å². The first kappa shape index (κ1) is 17.9. The van der Waals surface area contributed by atoms with Crippen LogP contribution in [0.25, 0.3) is 0 Å². The largest absolute Gasteiger partial charge is 0.370 e. The molecule has 1 saturated carbocycles. The maximum atomic E-state index is 12.7. The fourth-order valence-corrected chi connectivity index (χ4v) is 3.63. The zero-order valence-electron chi connectivity index (χ0n) is 15.0. The molecule has 6 heteroatoms. The lowest BCUT2D eigenvalue weighted by molar-refractivity contribution is -0.122. The third-order valence-electron chi connectivity index (χ3n) is 4.94. The minimum Gasteiger partial charge on any atom is -0.370 e. The average molecular weight is 384 g/mol. The van der Waals surface area contributed by atoms with Crippen LogP contribution in [0.15, 0.2) is 48.5 Å². The van der Waals surface area contributed by atoms with Crippen LogP contribution in [-0.2, 0) is 9.59 Å². The highest BCUT2D eigenvalue weighted by atomic mass is 35.5. The van der Waals surface area contributed by atoms with E-state index in [2.05, 4.69) is 10.6 Å². The third kappa shape index (κ3) is 4.08. The molecule has 2 aliphatic rings. The van der Waals surface area contributed by atoms with Gasteiger partial charge in [0.2, 0.25) is 11.8 Å². The molecular weight excluding hydrogens is 362 g/mol. The third-order valence-corrected chi connectivity index (χ3v) is 5.24. The van der Waals surface area contributed by atoms with Crippen LogP contribution in [0, 0.1) is 0 Å². The fraction of sp³-hybridized carbons (Fsp3) is 0.333. The molecule has 4 rings (SSSR count). The fourth-order valence-electron chi connectivity index (χ4n) is 3.34. The zero-order valence-corrected chi connectivity index (χ0v) is 15.7. The van der Waals surface area contributed by atoms with E-state index >= 15 is 0 Å².